The molecule has 0 aliphatic rings. The summed E-state index contributed by atoms with van der Waals surface area (Å²) in [4.78, 5) is 11.6. The first kappa shape index (κ1) is 15.3. The second kappa shape index (κ2) is 7.02. The maximum atomic E-state index is 11.6. The number of methoxy groups -OCH3 is 1. The number of hydrogen-bond donors (Lipinski definition) is 2. The van der Waals surface area contributed by atoms with Crippen molar-refractivity contribution in [3.05, 3.63) is 29.3 Å². The molecule has 0 atom stereocenters. The first-order valence-corrected chi connectivity index (χ1v) is 6.65. The molecule has 1 rings (SSSR count). The molecule has 4 nitrogen and oxygen atoms in total. The molecule has 19 heavy (non-hydrogen) atoms. The lowest BCUT2D eigenvalue weighted by molar-refractivity contribution is 0.238. The van der Waals surface area contributed by atoms with Gasteiger partial charge in [-0.3, -0.25) is 0 Å². The van der Waals surface area contributed by atoms with Gasteiger partial charge in [-0.2, -0.15) is 0 Å². The van der Waals surface area contributed by atoms with E-state index in [0.717, 1.165) is 11.3 Å². The SMILES string of the molecule is COc1ccc(C(C)C)cc1CNC(=O)NC(C)C. The minimum atomic E-state index is -0.160. The first-order chi connectivity index (χ1) is 8.93. The lowest BCUT2D eigenvalue weighted by Gasteiger charge is -2.14. The van der Waals surface area contributed by atoms with Crippen LogP contribution in [0.25, 0.3) is 0 Å². The lowest BCUT2D eigenvalue weighted by Crippen LogP contribution is -2.39. The van der Waals surface area contributed by atoms with Crippen LogP contribution in [-0.2, 0) is 6.54 Å². The molecule has 0 saturated heterocycles. The molecule has 2 N–H and O–H groups in total. The summed E-state index contributed by atoms with van der Waals surface area (Å²) in [5.74, 6) is 1.25. The third-order valence-corrected chi connectivity index (χ3v) is 2.83. The van der Waals surface area contributed by atoms with Gasteiger partial charge in [0.05, 0.1) is 7.11 Å². The van der Waals surface area contributed by atoms with E-state index >= 15 is 0 Å². The highest BCUT2D eigenvalue weighted by atomic mass is 16.5. The number of amides is 2. The standard InChI is InChI=1S/C15H24N2O2/c1-10(2)12-6-7-14(19-5)13(8-12)9-16-15(18)17-11(3)4/h6-8,10-11H,9H2,1-5H3,(H2,16,17,18). The highest BCUT2D eigenvalue weighted by Gasteiger charge is 2.09. The minimum absolute atomic E-state index is 0.129. The van der Waals surface area contributed by atoms with Crippen molar-refractivity contribution in [3.8, 4) is 5.75 Å². The molecule has 0 bridgehead atoms. The van der Waals surface area contributed by atoms with Crippen LogP contribution in [0.15, 0.2) is 18.2 Å². The Morgan fingerprint density at radius 3 is 2.47 bits per heavy atom. The maximum Gasteiger partial charge on any atom is 0.315 e. The third-order valence-electron chi connectivity index (χ3n) is 2.83. The topological polar surface area (TPSA) is 50.4 Å². The fraction of sp³-hybridized carbons (Fsp3) is 0.533. The Kier molecular flexibility index (Phi) is 5.67. The van der Waals surface area contributed by atoms with Crippen molar-refractivity contribution in [2.75, 3.05) is 7.11 Å². The van der Waals surface area contributed by atoms with Gasteiger partial charge < -0.3 is 15.4 Å². The van der Waals surface area contributed by atoms with E-state index in [2.05, 4.69) is 36.6 Å². The zero-order valence-corrected chi connectivity index (χ0v) is 12.4. The number of ether oxygens (including phenoxy) is 1. The summed E-state index contributed by atoms with van der Waals surface area (Å²) >= 11 is 0. The average Bonchev–Trinajstić information content (AvgIpc) is 2.35. The van der Waals surface area contributed by atoms with E-state index in [1.54, 1.807) is 7.11 Å². The van der Waals surface area contributed by atoms with Gasteiger partial charge in [-0.1, -0.05) is 26.0 Å². The van der Waals surface area contributed by atoms with Crippen molar-refractivity contribution in [1.82, 2.24) is 10.6 Å². The van der Waals surface area contributed by atoms with E-state index in [-0.39, 0.29) is 12.1 Å². The summed E-state index contributed by atoms with van der Waals surface area (Å²) in [6.45, 7) is 8.61. The summed E-state index contributed by atoms with van der Waals surface area (Å²) < 4.78 is 5.32. The van der Waals surface area contributed by atoms with E-state index in [0.29, 0.717) is 12.5 Å². The molecule has 0 aliphatic carbocycles. The van der Waals surface area contributed by atoms with E-state index in [1.165, 1.54) is 5.56 Å². The van der Waals surface area contributed by atoms with Crippen molar-refractivity contribution in [2.45, 2.75) is 46.2 Å². The molecule has 0 aliphatic heterocycles. The molecule has 2 amide bonds. The summed E-state index contributed by atoms with van der Waals surface area (Å²) in [7, 11) is 1.64. The van der Waals surface area contributed by atoms with Crippen molar-refractivity contribution in [1.29, 1.82) is 0 Å². The normalized spacial score (nSPS) is 10.7. The Hall–Kier alpha value is -1.71. The number of rotatable bonds is 5. The first-order valence-electron chi connectivity index (χ1n) is 6.65. The molecule has 1 aromatic carbocycles. The maximum absolute atomic E-state index is 11.6. The number of carbonyl (C=O) groups is 1. The Balaban J connectivity index is 2.75. The Morgan fingerprint density at radius 1 is 1.26 bits per heavy atom. The van der Waals surface area contributed by atoms with Gasteiger partial charge in [-0.15, -0.1) is 0 Å². The van der Waals surface area contributed by atoms with E-state index in [9.17, 15) is 4.79 Å². The Labute approximate surface area is 115 Å². The molecule has 0 unspecified atom stereocenters. The fourth-order valence-corrected chi connectivity index (χ4v) is 1.78. The number of urea groups is 1. The van der Waals surface area contributed by atoms with Gasteiger partial charge in [0.25, 0.3) is 0 Å². The van der Waals surface area contributed by atoms with Crippen LogP contribution in [0.5, 0.6) is 5.75 Å². The smallest absolute Gasteiger partial charge is 0.315 e. The van der Waals surface area contributed by atoms with Gasteiger partial charge in [-0.05, 0) is 31.4 Å². The van der Waals surface area contributed by atoms with Gasteiger partial charge in [0.1, 0.15) is 5.75 Å². The molecular formula is C15H24N2O2. The lowest BCUT2D eigenvalue weighted by atomic mass is 10.0. The molecule has 4 heteroatoms. The second-order valence-corrected chi connectivity index (χ2v) is 5.21. The fourth-order valence-electron chi connectivity index (χ4n) is 1.78. The predicted molar refractivity (Wildman–Crippen MR) is 77.6 cm³/mol. The summed E-state index contributed by atoms with van der Waals surface area (Å²) in [5.41, 5.74) is 2.23. The molecule has 0 saturated carbocycles. The molecule has 0 aromatic heterocycles. The van der Waals surface area contributed by atoms with E-state index in [4.69, 9.17) is 4.74 Å². The van der Waals surface area contributed by atoms with Crippen LogP contribution in [0.4, 0.5) is 4.79 Å². The molecule has 0 fully saturated rings. The second-order valence-electron chi connectivity index (χ2n) is 5.21. The van der Waals surface area contributed by atoms with E-state index in [1.807, 2.05) is 19.9 Å². The number of hydrogen-bond acceptors (Lipinski definition) is 2. The number of benzene rings is 1. The van der Waals surface area contributed by atoms with Crippen LogP contribution in [0.2, 0.25) is 0 Å². The number of nitrogens with one attached hydrogen (secondary N) is 2. The molecule has 0 heterocycles. The third kappa shape index (κ3) is 4.81. The highest BCUT2D eigenvalue weighted by Crippen LogP contribution is 2.23. The molecule has 0 radical (unpaired) electrons. The van der Waals surface area contributed by atoms with Gasteiger partial charge in [0.15, 0.2) is 0 Å². The van der Waals surface area contributed by atoms with Crippen LogP contribution in [0, 0.1) is 0 Å². The summed E-state index contributed by atoms with van der Waals surface area (Å²) in [6, 6.07) is 6.06. The summed E-state index contributed by atoms with van der Waals surface area (Å²) in [6.07, 6.45) is 0. The van der Waals surface area contributed by atoms with Crippen molar-refractivity contribution >= 4 is 6.03 Å². The van der Waals surface area contributed by atoms with Crippen molar-refractivity contribution in [2.24, 2.45) is 0 Å². The predicted octanol–water partition coefficient (Wildman–Crippen LogP) is 3.03. The van der Waals surface area contributed by atoms with E-state index < -0.39 is 0 Å². The van der Waals surface area contributed by atoms with Crippen LogP contribution >= 0.6 is 0 Å². The van der Waals surface area contributed by atoms with Crippen LogP contribution in [0.3, 0.4) is 0 Å². The Bertz CT molecular complexity index is 428. The highest BCUT2D eigenvalue weighted by molar-refractivity contribution is 5.74. The van der Waals surface area contributed by atoms with Crippen LogP contribution < -0.4 is 15.4 Å². The molecular weight excluding hydrogens is 240 g/mol. The van der Waals surface area contributed by atoms with Crippen molar-refractivity contribution in [3.63, 3.8) is 0 Å². The summed E-state index contributed by atoms with van der Waals surface area (Å²) in [5, 5.41) is 5.64. The quantitative estimate of drug-likeness (QED) is 0.859. The largest absolute Gasteiger partial charge is 0.496 e. The zero-order valence-electron chi connectivity index (χ0n) is 12.4. The monoisotopic (exact) mass is 264 g/mol. The van der Waals surface area contributed by atoms with Crippen molar-refractivity contribution < 1.29 is 9.53 Å². The average molecular weight is 264 g/mol. The van der Waals surface area contributed by atoms with Gasteiger partial charge >= 0.3 is 6.03 Å². The van der Waals surface area contributed by atoms with Gasteiger partial charge in [-0.25, -0.2) is 4.79 Å². The van der Waals surface area contributed by atoms with Gasteiger partial charge in [0, 0.05) is 18.2 Å². The number of carbonyl (C=O) groups excluding carboxylic acids is 1. The zero-order chi connectivity index (χ0) is 14.4. The Morgan fingerprint density at radius 2 is 1.95 bits per heavy atom. The van der Waals surface area contributed by atoms with Gasteiger partial charge in [0.2, 0.25) is 0 Å². The molecule has 0 spiro atoms. The van der Waals surface area contributed by atoms with Crippen LogP contribution in [0.1, 0.15) is 44.7 Å². The minimum Gasteiger partial charge on any atom is -0.496 e. The molecule has 1 aromatic rings. The molecule has 106 valence electrons. The van der Waals surface area contributed by atoms with Crippen LogP contribution in [-0.4, -0.2) is 19.2 Å².